The number of hydrogen-bond acceptors (Lipinski definition) is 1. The van der Waals surface area contributed by atoms with Crippen LogP contribution in [0.1, 0.15) is 29.7 Å². The van der Waals surface area contributed by atoms with Gasteiger partial charge in [-0.2, -0.15) is 0 Å². The Morgan fingerprint density at radius 3 is 2.58 bits per heavy atom. The summed E-state index contributed by atoms with van der Waals surface area (Å²) >= 11 is 12.2. The molecule has 0 fully saturated rings. The topological polar surface area (TPSA) is 12.0 Å². The summed E-state index contributed by atoms with van der Waals surface area (Å²) in [5.41, 5.74) is 3.47. The monoisotopic (exact) mass is 293 g/mol. The fraction of sp³-hybridized carbons (Fsp3) is 0.250. The lowest BCUT2D eigenvalue weighted by Crippen LogP contribution is -2.18. The largest absolute Gasteiger partial charge is 0.306 e. The molecule has 2 rings (SSSR count). The van der Waals surface area contributed by atoms with Gasteiger partial charge in [-0.25, -0.2) is 0 Å². The van der Waals surface area contributed by atoms with Gasteiger partial charge in [0.05, 0.1) is 0 Å². The maximum absolute atomic E-state index is 6.22. The van der Waals surface area contributed by atoms with Crippen molar-refractivity contribution >= 4 is 23.2 Å². The van der Waals surface area contributed by atoms with E-state index in [9.17, 15) is 0 Å². The summed E-state index contributed by atoms with van der Waals surface area (Å²) in [5.74, 6) is 0. The molecule has 0 heterocycles. The van der Waals surface area contributed by atoms with Crippen molar-refractivity contribution in [3.05, 3.63) is 69.2 Å². The zero-order valence-electron chi connectivity index (χ0n) is 11.1. The highest BCUT2D eigenvalue weighted by Crippen LogP contribution is 2.20. The first-order valence-electron chi connectivity index (χ1n) is 6.30. The lowest BCUT2D eigenvalue weighted by molar-refractivity contribution is 0.575. The lowest BCUT2D eigenvalue weighted by Gasteiger charge is -2.15. The minimum atomic E-state index is 0.232. The van der Waals surface area contributed by atoms with Gasteiger partial charge in [0, 0.05) is 22.6 Å². The Morgan fingerprint density at radius 1 is 1.11 bits per heavy atom. The Morgan fingerprint density at radius 2 is 1.89 bits per heavy atom. The molecule has 0 spiro atoms. The van der Waals surface area contributed by atoms with Crippen LogP contribution in [0.25, 0.3) is 0 Å². The molecule has 1 nitrogen and oxygen atoms in total. The molecule has 1 atom stereocenters. The van der Waals surface area contributed by atoms with Crippen LogP contribution in [-0.4, -0.2) is 0 Å². The summed E-state index contributed by atoms with van der Waals surface area (Å²) in [5, 5.41) is 5.03. The minimum Gasteiger partial charge on any atom is -0.306 e. The van der Waals surface area contributed by atoms with Crippen LogP contribution in [-0.2, 0) is 6.54 Å². The van der Waals surface area contributed by atoms with Gasteiger partial charge in [0.1, 0.15) is 0 Å². The van der Waals surface area contributed by atoms with E-state index in [0.29, 0.717) is 0 Å². The standard InChI is InChI=1S/C16H17Cl2N/c1-11-6-7-14(16(18)8-11)10-19-12(2)13-4-3-5-15(17)9-13/h3-9,12,19H,10H2,1-2H3/t12-/m0/s1. The van der Waals surface area contributed by atoms with Crippen molar-refractivity contribution in [3.63, 3.8) is 0 Å². The van der Waals surface area contributed by atoms with Crippen LogP contribution in [0.2, 0.25) is 10.0 Å². The number of halogens is 2. The molecule has 0 aliphatic heterocycles. The van der Waals surface area contributed by atoms with Gasteiger partial charge in [-0.3, -0.25) is 0 Å². The van der Waals surface area contributed by atoms with Crippen molar-refractivity contribution in [1.82, 2.24) is 5.32 Å². The van der Waals surface area contributed by atoms with Gasteiger partial charge in [-0.1, -0.05) is 47.5 Å². The summed E-state index contributed by atoms with van der Waals surface area (Å²) < 4.78 is 0. The van der Waals surface area contributed by atoms with Crippen molar-refractivity contribution in [1.29, 1.82) is 0 Å². The molecular formula is C16H17Cl2N. The van der Waals surface area contributed by atoms with E-state index < -0.39 is 0 Å². The number of aryl methyl sites for hydroxylation is 1. The second kappa shape index (κ2) is 6.42. The van der Waals surface area contributed by atoms with Crippen LogP contribution in [0.5, 0.6) is 0 Å². The first-order valence-corrected chi connectivity index (χ1v) is 7.06. The number of benzene rings is 2. The van der Waals surface area contributed by atoms with E-state index in [1.165, 1.54) is 11.1 Å². The summed E-state index contributed by atoms with van der Waals surface area (Å²) in [6.07, 6.45) is 0. The van der Waals surface area contributed by atoms with Gasteiger partial charge in [0.2, 0.25) is 0 Å². The molecule has 0 bridgehead atoms. The molecule has 2 aromatic carbocycles. The first kappa shape index (κ1) is 14.4. The van der Waals surface area contributed by atoms with Crippen molar-refractivity contribution < 1.29 is 0 Å². The maximum Gasteiger partial charge on any atom is 0.0453 e. The van der Waals surface area contributed by atoms with Crippen LogP contribution in [0, 0.1) is 6.92 Å². The maximum atomic E-state index is 6.22. The zero-order valence-corrected chi connectivity index (χ0v) is 12.6. The first-order chi connectivity index (χ1) is 9.06. The van der Waals surface area contributed by atoms with E-state index in [0.717, 1.165) is 22.2 Å². The van der Waals surface area contributed by atoms with E-state index >= 15 is 0 Å². The number of nitrogens with one attached hydrogen (secondary N) is 1. The SMILES string of the molecule is Cc1ccc(CN[C@@H](C)c2cccc(Cl)c2)c(Cl)c1. The van der Waals surface area contributed by atoms with Crippen molar-refractivity contribution in [3.8, 4) is 0 Å². The second-order valence-corrected chi connectivity index (χ2v) is 5.60. The van der Waals surface area contributed by atoms with Crippen LogP contribution >= 0.6 is 23.2 Å². The average Bonchev–Trinajstić information content (AvgIpc) is 2.37. The van der Waals surface area contributed by atoms with Crippen molar-refractivity contribution in [2.45, 2.75) is 26.4 Å². The third-order valence-electron chi connectivity index (χ3n) is 3.16. The Kier molecular flexibility index (Phi) is 4.87. The molecular weight excluding hydrogens is 277 g/mol. The van der Waals surface area contributed by atoms with E-state index in [4.69, 9.17) is 23.2 Å². The Balaban J connectivity index is 2.02. The van der Waals surface area contributed by atoms with Gasteiger partial charge in [-0.15, -0.1) is 0 Å². The Labute approximate surface area is 124 Å². The third-order valence-corrected chi connectivity index (χ3v) is 3.74. The van der Waals surface area contributed by atoms with E-state index in [-0.39, 0.29) is 6.04 Å². The third kappa shape index (κ3) is 3.97. The highest BCUT2D eigenvalue weighted by molar-refractivity contribution is 6.31. The number of rotatable bonds is 4. The molecule has 100 valence electrons. The molecule has 2 aromatic rings. The molecule has 0 saturated carbocycles. The van der Waals surface area contributed by atoms with Gasteiger partial charge in [-0.05, 0) is 48.7 Å². The highest BCUT2D eigenvalue weighted by atomic mass is 35.5. The van der Waals surface area contributed by atoms with Crippen LogP contribution in [0.15, 0.2) is 42.5 Å². The molecule has 0 aliphatic rings. The average molecular weight is 294 g/mol. The fourth-order valence-electron chi connectivity index (χ4n) is 1.95. The predicted octanol–water partition coefficient (Wildman–Crippen LogP) is 5.15. The molecule has 0 aliphatic carbocycles. The van der Waals surface area contributed by atoms with Crippen molar-refractivity contribution in [2.75, 3.05) is 0 Å². The normalized spacial score (nSPS) is 12.4. The van der Waals surface area contributed by atoms with E-state index in [2.05, 4.69) is 30.4 Å². The van der Waals surface area contributed by atoms with Gasteiger partial charge < -0.3 is 5.32 Å². The predicted molar refractivity (Wildman–Crippen MR) is 82.9 cm³/mol. The summed E-state index contributed by atoms with van der Waals surface area (Å²) in [7, 11) is 0. The summed E-state index contributed by atoms with van der Waals surface area (Å²) in [4.78, 5) is 0. The fourth-order valence-corrected chi connectivity index (χ4v) is 2.45. The molecule has 3 heteroatoms. The van der Waals surface area contributed by atoms with Gasteiger partial charge in [0.25, 0.3) is 0 Å². The smallest absolute Gasteiger partial charge is 0.0453 e. The van der Waals surface area contributed by atoms with Crippen LogP contribution < -0.4 is 5.32 Å². The van der Waals surface area contributed by atoms with Crippen LogP contribution in [0.3, 0.4) is 0 Å². The molecule has 0 saturated heterocycles. The summed E-state index contributed by atoms with van der Waals surface area (Å²) in [6, 6.07) is 14.3. The lowest BCUT2D eigenvalue weighted by atomic mass is 10.1. The molecule has 0 amide bonds. The molecule has 1 N–H and O–H groups in total. The molecule has 19 heavy (non-hydrogen) atoms. The van der Waals surface area contributed by atoms with Gasteiger partial charge in [0.15, 0.2) is 0 Å². The Hall–Kier alpha value is -1.02. The highest BCUT2D eigenvalue weighted by Gasteiger charge is 2.07. The van der Waals surface area contributed by atoms with Gasteiger partial charge >= 0.3 is 0 Å². The minimum absolute atomic E-state index is 0.232. The van der Waals surface area contributed by atoms with E-state index in [1.54, 1.807) is 0 Å². The number of hydrogen-bond donors (Lipinski definition) is 1. The zero-order chi connectivity index (χ0) is 13.8. The van der Waals surface area contributed by atoms with E-state index in [1.807, 2.05) is 31.2 Å². The van der Waals surface area contributed by atoms with Crippen LogP contribution in [0.4, 0.5) is 0 Å². The van der Waals surface area contributed by atoms with Crippen molar-refractivity contribution in [2.24, 2.45) is 0 Å². The second-order valence-electron chi connectivity index (χ2n) is 4.75. The quantitative estimate of drug-likeness (QED) is 0.822. The molecule has 0 unspecified atom stereocenters. The molecule has 0 aromatic heterocycles. The molecule has 0 radical (unpaired) electrons. The Bertz CT molecular complexity index is 566. The summed E-state index contributed by atoms with van der Waals surface area (Å²) in [6.45, 7) is 4.90.